The van der Waals surface area contributed by atoms with Crippen molar-refractivity contribution in [3.63, 3.8) is 0 Å². The zero-order valence-corrected chi connectivity index (χ0v) is 11.5. The van der Waals surface area contributed by atoms with Gasteiger partial charge in [0.25, 0.3) is 0 Å². The molecule has 0 aliphatic heterocycles. The van der Waals surface area contributed by atoms with E-state index in [0.29, 0.717) is 0 Å². The number of carbonyl (C=O) groups is 1. The SMILES string of the molecule is CC[C@H](NS(=O)(=O)c1ccc(C#N)cc1Cl)C(=O)O. The van der Waals surface area contributed by atoms with Crippen LogP contribution in [0.25, 0.3) is 0 Å². The van der Waals surface area contributed by atoms with Crippen LogP contribution >= 0.6 is 11.6 Å². The van der Waals surface area contributed by atoms with E-state index in [-0.39, 0.29) is 21.9 Å². The van der Waals surface area contributed by atoms with Crippen LogP contribution in [-0.2, 0) is 14.8 Å². The van der Waals surface area contributed by atoms with E-state index in [0.717, 1.165) is 6.07 Å². The Morgan fingerprint density at radius 2 is 2.21 bits per heavy atom. The fourth-order valence-electron chi connectivity index (χ4n) is 1.35. The molecule has 6 nitrogen and oxygen atoms in total. The summed E-state index contributed by atoms with van der Waals surface area (Å²) < 4.78 is 26.0. The molecule has 0 aliphatic rings. The zero-order valence-electron chi connectivity index (χ0n) is 9.92. The van der Waals surface area contributed by atoms with E-state index in [9.17, 15) is 13.2 Å². The van der Waals surface area contributed by atoms with E-state index in [2.05, 4.69) is 0 Å². The minimum Gasteiger partial charge on any atom is -0.480 e. The van der Waals surface area contributed by atoms with Crippen LogP contribution in [-0.4, -0.2) is 25.5 Å². The highest BCUT2D eigenvalue weighted by Gasteiger charge is 2.25. The molecule has 0 aromatic heterocycles. The molecule has 1 rings (SSSR count). The molecule has 19 heavy (non-hydrogen) atoms. The van der Waals surface area contributed by atoms with Crippen molar-refractivity contribution in [1.29, 1.82) is 5.26 Å². The number of hydrogen-bond acceptors (Lipinski definition) is 4. The van der Waals surface area contributed by atoms with Crippen LogP contribution in [0.1, 0.15) is 18.9 Å². The molecule has 0 bridgehead atoms. The number of carboxylic acids is 1. The van der Waals surface area contributed by atoms with Crippen LogP contribution in [0.15, 0.2) is 23.1 Å². The molecular weight excluding hydrogens is 292 g/mol. The lowest BCUT2D eigenvalue weighted by Gasteiger charge is -2.13. The first kappa shape index (κ1) is 15.4. The molecule has 0 heterocycles. The van der Waals surface area contributed by atoms with E-state index in [1.165, 1.54) is 12.1 Å². The van der Waals surface area contributed by atoms with Gasteiger partial charge < -0.3 is 5.11 Å². The van der Waals surface area contributed by atoms with Crippen molar-refractivity contribution in [2.45, 2.75) is 24.3 Å². The third-order valence-electron chi connectivity index (χ3n) is 2.35. The van der Waals surface area contributed by atoms with Gasteiger partial charge in [0.15, 0.2) is 0 Å². The predicted octanol–water partition coefficient (Wildman–Crippen LogP) is 1.35. The van der Waals surface area contributed by atoms with Gasteiger partial charge in [-0.15, -0.1) is 0 Å². The number of aliphatic carboxylic acids is 1. The van der Waals surface area contributed by atoms with Gasteiger partial charge in [-0.25, -0.2) is 8.42 Å². The maximum Gasteiger partial charge on any atom is 0.321 e. The normalized spacial score (nSPS) is 12.7. The summed E-state index contributed by atoms with van der Waals surface area (Å²) in [5.74, 6) is -1.27. The van der Waals surface area contributed by atoms with Crippen LogP contribution in [0, 0.1) is 11.3 Å². The lowest BCUT2D eigenvalue weighted by atomic mass is 10.2. The van der Waals surface area contributed by atoms with Crippen molar-refractivity contribution in [3.8, 4) is 6.07 Å². The molecule has 102 valence electrons. The second kappa shape index (κ2) is 6.02. The number of nitrogens with zero attached hydrogens (tertiary/aromatic N) is 1. The molecule has 0 radical (unpaired) electrons. The summed E-state index contributed by atoms with van der Waals surface area (Å²) >= 11 is 5.78. The number of carboxylic acid groups (broad SMARTS) is 1. The minimum atomic E-state index is -4.04. The topological polar surface area (TPSA) is 107 Å². The van der Waals surface area contributed by atoms with Crippen molar-refractivity contribution in [1.82, 2.24) is 4.72 Å². The van der Waals surface area contributed by atoms with Crippen LogP contribution < -0.4 is 4.72 Å². The summed E-state index contributed by atoms with van der Waals surface area (Å²) in [5, 5.41) is 17.4. The monoisotopic (exact) mass is 302 g/mol. The van der Waals surface area contributed by atoms with Gasteiger partial charge in [0.1, 0.15) is 10.9 Å². The molecule has 0 spiro atoms. The summed E-state index contributed by atoms with van der Waals surface area (Å²) in [6, 6.07) is 4.26. The van der Waals surface area contributed by atoms with Crippen molar-refractivity contribution < 1.29 is 18.3 Å². The maximum atomic E-state index is 12.0. The first-order chi connectivity index (χ1) is 8.81. The molecule has 1 aromatic carbocycles. The Bertz CT molecular complexity index is 637. The molecule has 0 aliphatic carbocycles. The molecule has 1 aromatic rings. The molecule has 0 saturated carbocycles. The third kappa shape index (κ3) is 3.67. The van der Waals surface area contributed by atoms with Gasteiger partial charge in [0.05, 0.1) is 16.7 Å². The van der Waals surface area contributed by atoms with Crippen LogP contribution in [0.5, 0.6) is 0 Å². The summed E-state index contributed by atoms with van der Waals surface area (Å²) in [5.41, 5.74) is 0.217. The Labute approximate surface area is 115 Å². The quantitative estimate of drug-likeness (QED) is 0.853. The number of nitriles is 1. The Kier molecular flexibility index (Phi) is 4.89. The fraction of sp³-hybridized carbons (Fsp3) is 0.273. The second-order valence-corrected chi connectivity index (χ2v) is 5.77. The van der Waals surface area contributed by atoms with Crippen molar-refractivity contribution >= 4 is 27.6 Å². The summed E-state index contributed by atoms with van der Waals surface area (Å²) in [7, 11) is -4.04. The summed E-state index contributed by atoms with van der Waals surface area (Å²) in [6.07, 6.45) is 0.0997. The molecule has 1 atom stereocenters. The highest BCUT2D eigenvalue weighted by molar-refractivity contribution is 7.89. The Morgan fingerprint density at radius 3 is 2.63 bits per heavy atom. The van der Waals surface area contributed by atoms with Gasteiger partial charge in [-0.3, -0.25) is 4.79 Å². The van der Waals surface area contributed by atoms with Gasteiger partial charge >= 0.3 is 5.97 Å². The standard InChI is InChI=1S/C11H11ClN2O4S/c1-2-9(11(15)16)14-19(17,18)10-4-3-7(6-13)5-8(10)12/h3-5,9,14H,2H2,1H3,(H,15,16)/t9-/m0/s1. The lowest BCUT2D eigenvalue weighted by molar-refractivity contribution is -0.139. The van der Waals surface area contributed by atoms with Gasteiger partial charge in [0.2, 0.25) is 10.0 Å². The first-order valence-electron chi connectivity index (χ1n) is 5.26. The van der Waals surface area contributed by atoms with E-state index < -0.39 is 22.0 Å². The van der Waals surface area contributed by atoms with Gasteiger partial charge in [-0.2, -0.15) is 9.98 Å². The molecule has 0 amide bonds. The van der Waals surface area contributed by atoms with Gasteiger partial charge in [-0.05, 0) is 24.6 Å². The molecular formula is C11H11ClN2O4S. The highest BCUT2D eigenvalue weighted by Crippen LogP contribution is 2.22. The molecule has 0 unspecified atom stereocenters. The summed E-state index contributed by atoms with van der Waals surface area (Å²) in [6.45, 7) is 1.54. The molecule has 2 N–H and O–H groups in total. The minimum absolute atomic E-state index is 0.0997. The number of sulfonamides is 1. The van der Waals surface area contributed by atoms with Crippen molar-refractivity contribution in [2.75, 3.05) is 0 Å². The Balaban J connectivity index is 3.14. The number of hydrogen-bond donors (Lipinski definition) is 2. The fourth-order valence-corrected chi connectivity index (χ4v) is 3.16. The highest BCUT2D eigenvalue weighted by atomic mass is 35.5. The number of benzene rings is 1. The Morgan fingerprint density at radius 1 is 1.58 bits per heavy atom. The average molecular weight is 303 g/mol. The van der Waals surface area contributed by atoms with Crippen LogP contribution in [0.4, 0.5) is 0 Å². The summed E-state index contributed by atoms with van der Waals surface area (Å²) in [4.78, 5) is 10.6. The van der Waals surface area contributed by atoms with Gasteiger partial charge in [-0.1, -0.05) is 18.5 Å². The average Bonchev–Trinajstić information content (AvgIpc) is 2.35. The molecule has 0 fully saturated rings. The largest absolute Gasteiger partial charge is 0.480 e. The van der Waals surface area contributed by atoms with Crippen molar-refractivity contribution in [2.24, 2.45) is 0 Å². The van der Waals surface area contributed by atoms with E-state index in [4.69, 9.17) is 22.0 Å². The molecule has 8 heteroatoms. The third-order valence-corrected chi connectivity index (χ3v) is 4.31. The number of halogens is 1. The maximum absolute atomic E-state index is 12.0. The molecule has 0 saturated heterocycles. The first-order valence-corrected chi connectivity index (χ1v) is 7.12. The predicted molar refractivity (Wildman–Crippen MR) is 68.2 cm³/mol. The van der Waals surface area contributed by atoms with E-state index in [1.54, 1.807) is 6.92 Å². The number of nitrogens with one attached hydrogen (secondary N) is 1. The van der Waals surface area contributed by atoms with Crippen molar-refractivity contribution in [3.05, 3.63) is 28.8 Å². The zero-order chi connectivity index (χ0) is 14.6. The van der Waals surface area contributed by atoms with E-state index in [1.807, 2.05) is 10.8 Å². The van der Waals surface area contributed by atoms with Crippen LogP contribution in [0.3, 0.4) is 0 Å². The Hall–Kier alpha value is -1.62. The lowest BCUT2D eigenvalue weighted by Crippen LogP contribution is -2.40. The van der Waals surface area contributed by atoms with Gasteiger partial charge in [0, 0.05) is 0 Å². The smallest absolute Gasteiger partial charge is 0.321 e. The van der Waals surface area contributed by atoms with E-state index >= 15 is 0 Å². The van der Waals surface area contributed by atoms with Crippen LogP contribution in [0.2, 0.25) is 5.02 Å². The second-order valence-electron chi connectivity index (χ2n) is 3.68. The number of rotatable bonds is 5.